The summed E-state index contributed by atoms with van der Waals surface area (Å²) in [7, 11) is 0. The average molecular weight is 285 g/mol. The van der Waals surface area contributed by atoms with Crippen molar-refractivity contribution in [2.24, 2.45) is 5.10 Å². The number of nitrogens with zero attached hydrogens (tertiary/aromatic N) is 5. The summed E-state index contributed by atoms with van der Waals surface area (Å²) in [5, 5.41) is 12.4. The van der Waals surface area contributed by atoms with Gasteiger partial charge in [0.05, 0.1) is 19.4 Å². The molecule has 1 aliphatic rings. The quantitative estimate of drug-likeness (QED) is 0.804. The number of hydrogen-bond donors (Lipinski definition) is 0. The van der Waals surface area contributed by atoms with Crippen LogP contribution in [-0.4, -0.2) is 47.4 Å². The van der Waals surface area contributed by atoms with Crippen LogP contribution in [0.4, 0.5) is 5.69 Å². The number of aryl methyl sites for hydroxylation is 2. The lowest BCUT2D eigenvalue weighted by Crippen LogP contribution is -2.36. The van der Waals surface area contributed by atoms with E-state index in [1.54, 1.807) is 4.68 Å². The van der Waals surface area contributed by atoms with E-state index < -0.39 is 0 Å². The molecule has 3 rings (SSSR count). The van der Waals surface area contributed by atoms with Crippen molar-refractivity contribution in [3.63, 3.8) is 0 Å². The van der Waals surface area contributed by atoms with E-state index in [9.17, 15) is 0 Å². The van der Waals surface area contributed by atoms with Crippen molar-refractivity contribution in [2.75, 3.05) is 31.2 Å². The third-order valence-electron chi connectivity index (χ3n) is 3.54. The zero-order valence-electron chi connectivity index (χ0n) is 12.4. The third-order valence-corrected chi connectivity index (χ3v) is 3.54. The van der Waals surface area contributed by atoms with Crippen molar-refractivity contribution in [3.8, 4) is 0 Å². The molecule has 1 aromatic heterocycles. The predicted octanol–water partition coefficient (Wildman–Crippen LogP) is 1.61. The van der Waals surface area contributed by atoms with Crippen LogP contribution in [0.25, 0.3) is 0 Å². The van der Waals surface area contributed by atoms with Gasteiger partial charge in [0.2, 0.25) is 0 Å². The van der Waals surface area contributed by atoms with Crippen molar-refractivity contribution in [3.05, 3.63) is 41.5 Å². The van der Waals surface area contributed by atoms with E-state index in [-0.39, 0.29) is 0 Å². The van der Waals surface area contributed by atoms with E-state index in [1.807, 2.05) is 20.1 Å². The zero-order chi connectivity index (χ0) is 14.7. The molecule has 0 aliphatic carbocycles. The molecule has 0 amide bonds. The molecular formula is C15H19N5O. The van der Waals surface area contributed by atoms with E-state index >= 15 is 0 Å². The van der Waals surface area contributed by atoms with Crippen LogP contribution in [0.5, 0.6) is 0 Å². The van der Waals surface area contributed by atoms with Gasteiger partial charge in [0.1, 0.15) is 0 Å². The molecule has 0 N–H and O–H groups in total. The Morgan fingerprint density at radius 3 is 2.29 bits per heavy atom. The molecule has 1 fully saturated rings. The topological polar surface area (TPSA) is 55.5 Å². The van der Waals surface area contributed by atoms with Crippen LogP contribution in [-0.2, 0) is 4.74 Å². The lowest BCUT2D eigenvalue weighted by molar-refractivity contribution is 0.122. The fourth-order valence-corrected chi connectivity index (χ4v) is 2.35. The summed E-state index contributed by atoms with van der Waals surface area (Å²) < 4.78 is 7.10. The minimum atomic E-state index is 0.786. The monoisotopic (exact) mass is 285 g/mol. The molecular weight excluding hydrogens is 266 g/mol. The van der Waals surface area contributed by atoms with Gasteiger partial charge in [-0.25, -0.2) is 4.68 Å². The van der Waals surface area contributed by atoms with Crippen molar-refractivity contribution >= 4 is 11.9 Å². The van der Waals surface area contributed by atoms with Crippen molar-refractivity contribution in [1.82, 2.24) is 14.9 Å². The highest BCUT2D eigenvalue weighted by molar-refractivity contribution is 5.80. The summed E-state index contributed by atoms with van der Waals surface area (Å²) in [4.78, 5) is 2.33. The molecule has 2 heterocycles. The molecule has 110 valence electrons. The number of morpholine rings is 1. The van der Waals surface area contributed by atoms with Crippen molar-refractivity contribution in [1.29, 1.82) is 0 Å². The van der Waals surface area contributed by atoms with Gasteiger partial charge in [0, 0.05) is 18.8 Å². The summed E-state index contributed by atoms with van der Waals surface area (Å²) in [6, 6.07) is 8.39. The first-order valence-corrected chi connectivity index (χ1v) is 7.10. The fourth-order valence-electron chi connectivity index (χ4n) is 2.35. The van der Waals surface area contributed by atoms with Crippen molar-refractivity contribution < 1.29 is 4.74 Å². The van der Waals surface area contributed by atoms with Gasteiger partial charge in [-0.05, 0) is 31.5 Å². The summed E-state index contributed by atoms with van der Waals surface area (Å²) in [6.07, 6.45) is 1.83. The Morgan fingerprint density at radius 1 is 1.05 bits per heavy atom. The van der Waals surface area contributed by atoms with Gasteiger partial charge in [0.25, 0.3) is 0 Å². The fraction of sp³-hybridized carbons (Fsp3) is 0.400. The smallest absolute Gasteiger partial charge is 0.151 e. The van der Waals surface area contributed by atoms with Gasteiger partial charge in [-0.2, -0.15) is 5.10 Å². The van der Waals surface area contributed by atoms with Crippen LogP contribution >= 0.6 is 0 Å². The van der Waals surface area contributed by atoms with Gasteiger partial charge in [-0.3, -0.25) is 0 Å². The number of rotatable bonds is 3. The lowest BCUT2D eigenvalue weighted by atomic mass is 10.2. The molecule has 1 aromatic carbocycles. The Balaban J connectivity index is 1.72. The Kier molecular flexibility index (Phi) is 3.96. The first-order chi connectivity index (χ1) is 10.2. The van der Waals surface area contributed by atoms with E-state index in [2.05, 4.69) is 44.5 Å². The Hall–Kier alpha value is -2.21. The molecule has 21 heavy (non-hydrogen) atoms. The first-order valence-electron chi connectivity index (χ1n) is 7.10. The molecule has 2 aromatic rings. The molecule has 6 heteroatoms. The number of ether oxygens (including phenoxy) is 1. The zero-order valence-corrected chi connectivity index (χ0v) is 12.4. The van der Waals surface area contributed by atoms with E-state index in [0.29, 0.717) is 0 Å². The van der Waals surface area contributed by atoms with Crippen LogP contribution in [0.1, 0.15) is 17.2 Å². The molecule has 0 atom stereocenters. The molecule has 0 unspecified atom stereocenters. The maximum Gasteiger partial charge on any atom is 0.151 e. The van der Waals surface area contributed by atoms with E-state index in [1.165, 1.54) is 5.69 Å². The SMILES string of the molecule is Cc1nnc(C)n1N=Cc1ccc(N2CCOCC2)cc1. The molecule has 1 aliphatic heterocycles. The average Bonchev–Trinajstić information content (AvgIpc) is 2.85. The third kappa shape index (κ3) is 3.11. The first kappa shape index (κ1) is 13.8. The maximum atomic E-state index is 5.37. The normalized spacial score (nSPS) is 15.8. The standard InChI is InChI=1S/C15H19N5O/c1-12-17-18-13(2)20(12)16-11-14-3-5-15(6-4-14)19-7-9-21-10-8-19/h3-6,11H,7-10H2,1-2H3. The van der Waals surface area contributed by atoms with Crippen LogP contribution < -0.4 is 4.90 Å². The summed E-state index contributed by atoms with van der Waals surface area (Å²) in [6.45, 7) is 7.28. The second kappa shape index (κ2) is 6.05. The van der Waals surface area contributed by atoms with Crippen molar-refractivity contribution in [2.45, 2.75) is 13.8 Å². The molecule has 0 radical (unpaired) electrons. The van der Waals surface area contributed by atoms with Gasteiger partial charge >= 0.3 is 0 Å². The summed E-state index contributed by atoms with van der Waals surface area (Å²) >= 11 is 0. The summed E-state index contributed by atoms with van der Waals surface area (Å²) in [5.74, 6) is 1.57. The Bertz CT molecular complexity index is 607. The summed E-state index contributed by atoms with van der Waals surface area (Å²) in [5.41, 5.74) is 2.28. The van der Waals surface area contributed by atoms with Gasteiger partial charge in [0.15, 0.2) is 11.6 Å². The van der Waals surface area contributed by atoms with Crippen LogP contribution in [0.3, 0.4) is 0 Å². The highest BCUT2D eigenvalue weighted by Gasteiger charge is 2.10. The van der Waals surface area contributed by atoms with Crippen LogP contribution in [0.2, 0.25) is 0 Å². The molecule has 0 saturated carbocycles. The molecule has 0 bridgehead atoms. The number of aromatic nitrogens is 3. The van der Waals surface area contributed by atoms with Gasteiger partial charge in [-0.15, -0.1) is 10.2 Å². The minimum absolute atomic E-state index is 0.786. The van der Waals surface area contributed by atoms with E-state index in [0.717, 1.165) is 43.5 Å². The largest absolute Gasteiger partial charge is 0.378 e. The van der Waals surface area contributed by atoms with Gasteiger partial charge < -0.3 is 9.64 Å². The highest BCUT2D eigenvalue weighted by Crippen LogP contribution is 2.16. The highest BCUT2D eigenvalue weighted by atomic mass is 16.5. The lowest BCUT2D eigenvalue weighted by Gasteiger charge is -2.28. The number of benzene rings is 1. The molecule has 6 nitrogen and oxygen atoms in total. The molecule has 1 saturated heterocycles. The second-order valence-corrected chi connectivity index (χ2v) is 5.04. The predicted molar refractivity (Wildman–Crippen MR) is 82.0 cm³/mol. The van der Waals surface area contributed by atoms with Crippen LogP contribution in [0, 0.1) is 13.8 Å². The minimum Gasteiger partial charge on any atom is -0.378 e. The maximum absolute atomic E-state index is 5.37. The number of hydrogen-bond acceptors (Lipinski definition) is 5. The van der Waals surface area contributed by atoms with Gasteiger partial charge in [-0.1, -0.05) is 12.1 Å². The number of anilines is 1. The second-order valence-electron chi connectivity index (χ2n) is 5.04. The molecule has 0 spiro atoms. The Morgan fingerprint density at radius 2 is 1.67 bits per heavy atom. The Labute approximate surface area is 124 Å². The van der Waals surface area contributed by atoms with E-state index in [4.69, 9.17) is 4.74 Å². The van der Waals surface area contributed by atoms with Crippen LogP contribution in [0.15, 0.2) is 29.4 Å².